The van der Waals surface area contributed by atoms with Gasteiger partial charge >= 0.3 is 7.32 Å². The largest absolute Gasteiger partial charge is 0.636 e. The first-order valence-electron chi connectivity index (χ1n) is 5.07. The van der Waals surface area contributed by atoms with Gasteiger partial charge in [-0.2, -0.15) is 0 Å². The standard InChI is InChI=1S/C10H14BNO3/c13-11-14-8-6-12(7-9-15-11)10-4-2-1-3-5-10/h1-5,13H,6-9H2. The molecule has 1 heterocycles. The number of rotatable bonds is 1. The van der Waals surface area contributed by atoms with Crippen LogP contribution in [0.1, 0.15) is 0 Å². The van der Waals surface area contributed by atoms with Crippen molar-refractivity contribution in [3.05, 3.63) is 30.3 Å². The first-order valence-corrected chi connectivity index (χ1v) is 5.07. The van der Waals surface area contributed by atoms with Gasteiger partial charge in [0.1, 0.15) is 0 Å². The quantitative estimate of drug-likeness (QED) is 0.681. The Hall–Kier alpha value is -1.04. The predicted octanol–water partition coefficient (Wildman–Crippen LogP) is 0.517. The van der Waals surface area contributed by atoms with Gasteiger partial charge < -0.3 is 19.2 Å². The summed E-state index contributed by atoms with van der Waals surface area (Å²) in [5, 5.41) is 9.11. The van der Waals surface area contributed by atoms with Crippen molar-refractivity contribution in [3.8, 4) is 0 Å². The van der Waals surface area contributed by atoms with Gasteiger partial charge in [0.15, 0.2) is 0 Å². The van der Waals surface area contributed by atoms with Gasteiger partial charge in [-0.05, 0) is 12.1 Å². The second-order valence-electron chi connectivity index (χ2n) is 3.37. The first kappa shape index (κ1) is 10.5. The SMILES string of the molecule is OB1OCCN(c2ccccc2)CCO1. The van der Waals surface area contributed by atoms with Crippen molar-refractivity contribution >= 4 is 13.0 Å². The van der Waals surface area contributed by atoms with Crippen LogP contribution in [-0.4, -0.2) is 38.6 Å². The van der Waals surface area contributed by atoms with Crippen LogP contribution in [0.4, 0.5) is 5.69 Å². The lowest BCUT2D eigenvalue weighted by molar-refractivity contribution is 0.127. The molecule has 0 spiro atoms. The third kappa shape index (κ3) is 2.96. The lowest BCUT2D eigenvalue weighted by atomic mass is 10.2. The summed E-state index contributed by atoms with van der Waals surface area (Å²) in [6, 6.07) is 10.1. The summed E-state index contributed by atoms with van der Waals surface area (Å²) in [5.74, 6) is 0. The average Bonchev–Trinajstić information content (AvgIpc) is 2.24. The Labute approximate surface area is 89.6 Å². The van der Waals surface area contributed by atoms with Gasteiger partial charge in [-0.25, -0.2) is 0 Å². The number of nitrogens with zero attached hydrogens (tertiary/aromatic N) is 1. The third-order valence-corrected chi connectivity index (χ3v) is 2.36. The van der Waals surface area contributed by atoms with E-state index in [-0.39, 0.29) is 0 Å². The highest BCUT2D eigenvalue weighted by Crippen LogP contribution is 2.13. The molecule has 1 saturated heterocycles. The first-order chi connectivity index (χ1) is 7.36. The lowest BCUT2D eigenvalue weighted by Gasteiger charge is -2.27. The fraction of sp³-hybridized carbons (Fsp3) is 0.400. The molecule has 0 amide bonds. The normalized spacial score (nSPS) is 18.5. The summed E-state index contributed by atoms with van der Waals surface area (Å²) in [4.78, 5) is 2.17. The maximum Gasteiger partial charge on any atom is 0.636 e. The minimum atomic E-state index is -1.07. The van der Waals surface area contributed by atoms with Gasteiger partial charge in [0, 0.05) is 18.8 Å². The molecule has 15 heavy (non-hydrogen) atoms. The van der Waals surface area contributed by atoms with Crippen LogP contribution in [-0.2, 0) is 9.31 Å². The molecule has 1 N–H and O–H groups in total. The summed E-state index contributed by atoms with van der Waals surface area (Å²) in [6.07, 6.45) is 0. The molecule has 0 aliphatic carbocycles. The van der Waals surface area contributed by atoms with E-state index >= 15 is 0 Å². The van der Waals surface area contributed by atoms with Crippen LogP contribution >= 0.6 is 0 Å². The zero-order valence-corrected chi connectivity index (χ0v) is 8.50. The Morgan fingerprint density at radius 3 is 2.27 bits per heavy atom. The van der Waals surface area contributed by atoms with Gasteiger partial charge in [-0.3, -0.25) is 0 Å². The van der Waals surface area contributed by atoms with E-state index < -0.39 is 7.32 Å². The summed E-state index contributed by atoms with van der Waals surface area (Å²) in [5.41, 5.74) is 1.15. The molecule has 5 heteroatoms. The van der Waals surface area contributed by atoms with Crippen molar-refractivity contribution in [1.82, 2.24) is 0 Å². The minimum Gasteiger partial charge on any atom is -0.402 e. The number of hydrogen-bond donors (Lipinski definition) is 1. The van der Waals surface area contributed by atoms with Crippen LogP contribution in [0.5, 0.6) is 0 Å². The molecule has 0 radical (unpaired) electrons. The van der Waals surface area contributed by atoms with Crippen LogP contribution in [0.15, 0.2) is 30.3 Å². The maximum absolute atomic E-state index is 9.11. The number of anilines is 1. The van der Waals surface area contributed by atoms with Crippen molar-refractivity contribution in [2.45, 2.75) is 0 Å². The van der Waals surface area contributed by atoms with E-state index in [4.69, 9.17) is 14.3 Å². The molecule has 0 atom stereocenters. The molecule has 1 aromatic carbocycles. The van der Waals surface area contributed by atoms with Crippen molar-refractivity contribution in [3.63, 3.8) is 0 Å². The van der Waals surface area contributed by atoms with Gasteiger partial charge in [-0.15, -0.1) is 0 Å². The van der Waals surface area contributed by atoms with Crippen LogP contribution in [0.2, 0.25) is 0 Å². The Balaban J connectivity index is 1.98. The van der Waals surface area contributed by atoms with Crippen molar-refractivity contribution < 1.29 is 14.3 Å². The Kier molecular flexibility index (Phi) is 3.61. The van der Waals surface area contributed by atoms with E-state index in [0.717, 1.165) is 18.8 Å². The Morgan fingerprint density at radius 2 is 1.67 bits per heavy atom. The van der Waals surface area contributed by atoms with Crippen molar-refractivity contribution in [1.29, 1.82) is 0 Å². The third-order valence-electron chi connectivity index (χ3n) is 2.36. The average molecular weight is 207 g/mol. The van der Waals surface area contributed by atoms with E-state index in [2.05, 4.69) is 17.0 Å². The highest BCUT2D eigenvalue weighted by molar-refractivity contribution is 6.34. The molecule has 0 aromatic heterocycles. The predicted molar refractivity (Wildman–Crippen MR) is 58.5 cm³/mol. The summed E-state index contributed by atoms with van der Waals surface area (Å²) in [7, 11) is -1.07. The highest BCUT2D eigenvalue weighted by atomic mass is 16.7. The molecule has 0 bridgehead atoms. The fourth-order valence-corrected chi connectivity index (χ4v) is 1.58. The van der Waals surface area contributed by atoms with Gasteiger partial charge in [0.2, 0.25) is 0 Å². The molecular formula is C10H14BNO3. The van der Waals surface area contributed by atoms with E-state index in [9.17, 15) is 0 Å². The summed E-state index contributed by atoms with van der Waals surface area (Å²) < 4.78 is 10.1. The van der Waals surface area contributed by atoms with Crippen molar-refractivity contribution in [2.75, 3.05) is 31.2 Å². The van der Waals surface area contributed by atoms with Crippen LogP contribution in [0.3, 0.4) is 0 Å². The number of hydrogen-bond acceptors (Lipinski definition) is 4. The zero-order valence-electron chi connectivity index (χ0n) is 8.50. The Bertz CT molecular complexity index is 286. The second-order valence-corrected chi connectivity index (χ2v) is 3.37. The topological polar surface area (TPSA) is 41.9 Å². The molecule has 2 rings (SSSR count). The molecule has 1 aliphatic heterocycles. The molecule has 0 saturated carbocycles. The maximum atomic E-state index is 9.11. The van der Waals surface area contributed by atoms with Crippen LogP contribution < -0.4 is 4.90 Å². The fourth-order valence-electron chi connectivity index (χ4n) is 1.58. The van der Waals surface area contributed by atoms with E-state index in [1.807, 2.05) is 18.2 Å². The van der Waals surface area contributed by atoms with Gasteiger partial charge in [0.25, 0.3) is 0 Å². The second kappa shape index (κ2) is 5.16. The zero-order chi connectivity index (χ0) is 10.5. The number of benzene rings is 1. The lowest BCUT2D eigenvalue weighted by Crippen LogP contribution is -2.38. The number of para-hydroxylation sites is 1. The van der Waals surface area contributed by atoms with Crippen LogP contribution in [0.25, 0.3) is 0 Å². The molecular weight excluding hydrogens is 193 g/mol. The monoisotopic (exact) mass is 207 g/mol. The van der Waals surface area contributed by atoms with Crippen LogP contribution in [0, 0.1) is 0 Å². The molecule has 80 valence electrons. The molecule has 1 aliphatic rings. The van der Waals surface area contributed by atoms with E-state index in [0.29, 0.717) is 13.2 Å². The molecule has 1 fully saturated rings. The van der Waals surface area contributed by atoms with Crippen molar-refractivity contribution in [2.24, 2.45) is 0 Å². The smallest absolute Gasteiger partial charge is 0.402 e. The van der Waals surface area contributed by atoms with Gasteiger partial charge in [-0.1, -0.05) is 18.2 Å². The van der Waals surface area contributed by atoms with Gasteiger partial charge in [0.05, 0.1) is 13.2 Å². The van der Waals surface area contributed by atoms with E-state index in [1.54, 1.807) is 0 Å². The minimum absolute atomic E-state index is 0.468. The van der Waals surface area contributed by atoms with E-state index in [1.165, 1.54) is 0 Å². The molecule has 0 unspecified atom stereocenters. The highest BCUT2D eigenvalue weighted by Gasteiger charge is 2.19. The molecule has 4 nitrogen and oxygen atoms in total. The summed E-state index contributed by atoms with van der Waals surface area (Å²) >= 11 is 0. The molecule has 1 aromatic rings. The summed E-state index contributed by atoms with van der Waals surface area (Å²) in [6.45, 7) is 2.47. The Morgan fingerprint density at radius 1 is 1.07 bits per heavy atom.